The zero-order chi connectivity index (χ0) is 22.1. The highest BCUT2D eigenvalue weighted by molar-refractivity contribution is 7.22. The van der Waals surface area contributed by atoms with Gasteiger partial charge in [0.25, 0.3) is 5.91 Å². The van der Waals surface area contributed by atoms with E-state index in [4.69, 9.17) is 21.1 Å². The van der Waals surface area contributed by atoms with Crippen molar-refractivity contribution in [1.29, 1.82) is 0 Å². The van der Waals surface area contributed by atoms with Crippen LogP contribution in [0.2, 0.25) is 5.02 Å². The molecule has 158 valence electrons. The maximum atomic E-state index is 13.9. The van der Waals surface area contributed by atoms with Crippen LogP contribution in [0.15, 0.2) is 77.6 Å². The lowest BCUT2D eigenvalue weighted by Crippen LogP contribution is -2.31. The Labute approximate surface area is 193 Å². The summed E-state index contributed by atoms with van der Waals surface area (Å²) in [5, 5.41) is 5.24. The monoisotopic (exact) mass is 460 g/mol. The standard InChI is InChI=1S/C24H17ClN4O2S/c1-15-21(22(28-31-15)17-8-2-3-9-18(17)25)23(30)29(14-16-7-6-12-26-13-16)24-27-19-10-4-5-11-20(19)32-24/h2-13H,14H2,1H3. The van der Waals surface area contributed by atoms with Crippen molar-refractivity contribution in [3.63, 3.8) is 0 Å². The van der Waals surface area contributed by atoms with Crippen LogP contribution in [0.1, 0.15) is 21.7 Å². The summed E-state index contributed by atoms with van der Waals surface area (Å²) in [5.74, 6) is 0.156. The van der Waals surface area contributed by atoms with Gasteiger partial charge in [-0.15, -0.1) is 0 Å². The predicted molar refractivity (Wildman–Crippen MR) is 126 cm³/mol. The molecule has 3 aromatic heterocycles. The molecule has 0 aliphatic carbocycles. The van der Waals surface area contributed by atoms with E-state index < -0.39 is 0 Å². The molecule has 0 spiro atoms. The number of anilines is 1. The van der Waals surface area contributed by atoms with Crippen LogP contribution < -0.4 is 4.90 Å². The molecule has 0 saturated carbocycles. The summed E-state index contributed by atoms with van der Waals surface area (Å²) >= 11 is 7.86. The van der Waals surface area contributed by atoms with Gasteiger partial charge in [-0.3, -0.25) is 14.7 Å². The van der Waals surface area contributed by atoms with Gasteiger partial charge in [0.05, 0.1) is 21.8 Å². The van der Waals surface area contributed by atoms with Crippen LogP contribution >= 0.6 is 22.9 Å². The second-order valence-corrected chi connectivity index (χ2v) is 8.58. The minimum Gasteiger partial charge on any atom is -0.360 e. The summed E-state index contributed by atoms with van der Waals surface area (Å²) in [7, 11) is 0. The van der Waals surface area contributed by atoms with E-state index in [1.807, 2.05) is 54.6 Å². The maximum absolute atomic E-state index is 13.9. The fraction of sp³-hybridized carbons (Fsp3) is 0.0833. The smallest absolute Gasteiger partial charge is 0.266 e. The van der Waals surface area contributed by atoms with Crippen molar-refractivity contribution in [2.45, 2.75) is 13.5 Å². The quantitative estimate of drug-likeness (QED) is 0.314. The maximum Gasteiger partial charge on any atom is 0.266 e. The summed E-state index contributed by atoms with van der Waals surface area (Å²) in [6, 6.07) is 18.8. The Morgan fingerprint density at radius 2 is 1.91 bits per heavy atom. The minimum absolute atomic E-state index is 0.262. The Morgan fingerprint density at radius 3 is 2.69 bits per heavy atom. The lowest BCUT2D eigenvalue weighted by Gasteiger charge is -2.20. The molecule has 5 rings (SSSR count). The molecular weight excluding hydrogens is 444 g/mol. The van der Waals surface area contributed by atoms with Crippen LogP contribution in [0.5, 0.6) is 0 Å². The number of hydrogen-bond donors (Lipinski definition) is 0. The Kier molecular flexibility index (Phi) is 5.43. The van der Waals surface area contributed by atoms with Gasteiger partial charge in [0.2, 0.25) is 0 Å². The summed E-state index contributed by atoms with van der Waals surface area (Å²) < 4.78 is 6.44. The van der Waals surface area contributed by atoms with Crippen molar-refractivity contribution >= 4 is 44.2 Å². The van der Waals surface area contributed by atoms with Crippen molar-refractivity contribution in [2.75, 3.05) is 4.90 Å². The second kappa shape index (κ2) is 8.53. The third-order valence-corrected chi connectivity index (χ3v) is 6.42. The SMILES string of the molecule is Cc1onc(-c2ccccc2Cl)c1C(=O)N(Cc1cccnc1)c1nc2ccccc2s1. The summed E-state index contributed by atoms with van der Waals surface area (Å²) in [6.45, 7) is 2.03. The Bertz CT molecular complexity index is 1380. The summed E-state index contributed by atoms with van der Waals surface area (Å²) in [4.78, 5) is 24.5. The predicted octanol–water partition coefficient (Wildman–Crippen LogP) is 6.16. The Hall–Kier alpha value is -3.55. The number of rotatable bonds is 5. The molecule has 0 aliphatic rings. The molecule has 0 bridgehead atoms. The third-order valence-electron chi connectivity index (χ3n) is 5.03. The molecule has 0 radical (unpaired) electrons. The van der Waals surface area contributed by atoms with Gasteiger partial charge in [-0.05, 0) is 36.8 Å². The third kappa shape index (κ3) is 3.77. The molecule has 5 aromatic rings. The molecule has 2 aromatic carbocycles. The van der Waals surface area contributed by atoms with Gasteiger partial charge < -0.3 is 4.52 Å². The number of benzene rings is 2. The van der Waals surface area contributed by atoms with Crippen molar-refractivity contribution in [1.82, 2.24) is 15.1 Å². The molecule has 0 unspecified atom stereocenters. The second-order valence-electron chi connectivity index (χ2n) is 7.16. The van der Waals surface area contributed by atoms with Crippen molar-refractivity contribution < 1.29 is 9.32 Å². The van der Waals surface area contributed by atoms with Crippen LogP contribution in [-0.2, 0) is 6.54 Å². The number of carbonyl (C=O) groups excluding carboxylic acids is 1. The van der Waals surface area contributed by atoms with E-state index in [-0.39, 0.29) is 5.91 Å². The number of para-hydroxylation sites is 1. The lowest BCUT2D eigenvalue weighted by atomic mass is 10.0. The first-order valence-electron chi connectivity index (χ1n) is 9.89. The number of pyridine rings is 1. The van der Waals surface area contributed by atoms with Crippen LogP contribution in [0.4, 0.5) is 5.13 Å². The fourth-order valence-corrected chi connectivity index (χ4v) is 4.66. The number of nitrogens with zero attached hydrogens (tertiary/aromatic N) is 4. The largest absolute Gasteiger partial charge is 0.360 e. The number of amides is 1. The van der Waals surface area contributed by atoms with Gasteiger partial charge in [0.1, 0.15) is 17.0 Å². The highest BCUT2D eigenvalue weighted by atomic mass is 35.5. The molecule has 3 heterocycles. The number of carbonyl (C=O) groups is 1. The van der Waals surface area contributed by atoms with E-state index in [0.717, 1.165) is 15.8 Å². The Balaban J connectivity index is 1.63. The van der Waals surface area contributed by atoms with Crippen molar-refractivity contribution in [2.24, 2.45) is 0 Å². The van der Waals surface area contributed by atoms with E-state index in [1.165, 1.54) is 11.3 Å². The van der Waals surface area contributed by atoms with E-state index in [2.05, 4.69) is 10.1 Å². The van der Waals surface area contributed by atoms with Crippen LogP contribution in [0, 0.1) is 6.92 Å². The summed E-state index contributed by atoms with van der Waals surface area (Å²) in [5.41, 5.74) is 3.13. The van der Waals surface area contributed by atoms with Gasteiger partial charge in [0, 0.05) is 18.0 Å². The number of fused-ring (bicyclic) bond motifs is 1. The first kappa shape index (κ1) is 20.4. The van der Waals surface area contributed by atoms with E-state index in [1.54, 1.807) is 30.3 Å². The van der Waals surface area contributed by atoms with Gasteiger partial charge >= 0.3 is 0 Å². The van der Waals surface area contributed by atoms with E-state index in [9.17, 15) is 4.79 Å². The molecule has 8 heteroatoms. The number of aryl methyl sites for hydroxylation is 1. The first-order valence-corrected chi connectivity index (χ1v) is 11.1. The average molecular weight is 461 g/mol. The van der Waals surface area contributed by atoms with Crippen LogP contribution in [0.25, 0.3) is 21.5 Å². The normalized spacial score (nSPS) is 11.1. The molecule has 0 aliphatic heterocycles. The fourth-order valence-electron chi connectivity index (χ4n) is 3.47. The molecule has 0 saturated heterocycles. The number of thiazole rings is 1. The summed E-state index contributed by atoms with van der Waals surface area (Å²) in [6.07, 6.45) is 3.44. The average Bonchev–Trinajstić information content (AvgIpc) is 3.41. The van der Waals surface area contributed by atoms with E-state index >= 15 is 0 Å². The molecule has 1 amide bonds. The van der Waals surface area contributed by atoms with Crippen LogP contribution in [-0.4, -0.2) is 21.0 Å². The van der Waals surface area contributed by atoms with Gasteiger partial charge in [-0.2, -0.15) is 0 Å². The molecule has 0 atom stereocenters. The number of halogens is 1. The molecule has 0 fully saturated rings. The topological polar surface area (TPSA) is 72.1 Å². The Morgan fingerprint density at radius 1 is 1.09 bits per heavy atom. The van der Waals surface area contributed by atoms with Gasteiger partial charge in [-0.1, -0.05) is 64.5 Å². The van der Waals surface area contributed by atoms with Crippen molar-refractivity contribution in [3.8, 4) is 11.3 Å². The lowest BCUT2D eigenvalue weighted by molar-refractivity contribution is 0.0984. The molecule has 6 nitrogen and oxygen atoms in total. The van der Waals surface area contributed by atoms with Gasteiger partial charge in [-0.25, -0.2) is 4.98 Å². The molecule has 0 N–H and O–H groups in total. The minimum atomic E-state index is -0.262. The molecular formula is C24H17ClN4O2S. The van der Waals surface area contributed by atoms with E-state index in [0.29, 0.717) is 39.3 Å². The number of hydrogen-bond acceptors (Lipinski definition) is 6. The molecule has 32 heavy (non-hydrogen) atoms. The number of aromatic nitrogens is 3. The zero-order valence-corrected chi connectivity index (χ0v) is 18.6. The van der Waals surface area contributed by atoms with Crippen LogP contribution in [0.3, 0.4) is 0 Å². The van der Waals surface area contributed by atoms with Crippen molar-refractivity contribution in [3.05, 3.63) is 95.0 Å². The zero-order valence-electron chi connectivity index (χ0n) is 17.0. The van der Waals surface area contributed by atoms with Gasteiger partial charge in [0.15, 0.2) is 5.13 Å². The highest BCUT2D eigenvalue weighted by Gasteiger charge is 2.29. The highest BCUT2D eigenvalue weighted by Crippen LogP contribution is 2.35. The first-order chi connectivity index (χ1) is 15.6.